The van der Waals surface area contributed by atoms with Crippen molar-refractivity contribution in [2.45, 2.75) is 13.3 Å². The van der Waals surface area contributed by atoms with E-state index in [-0.39, 0.29) is 0 Å². The molecule has 0 heterocycles. The molecule has 0 N–H and O–H groups in total. The molecule has 0 bridgehead atoms. The van der Waals surface area contributed by atoms with Crippen molar-refractivity contribution < 1.29 is 4.74 Å². The molecule has 3 rings (SSSR count). The Morgan fingerprint density at radius 2 is 1.38 bits per heavy atom. The van der Waals surface area contributed by atoms with Crippen LogP contribution < -0.4 is 4.74 Å². The Balaban J connectivity index is 2.01. The van der Waals surface area contributed by atoms with E-state index in [1.807, 2.05) is 0 Å². The molecule has 2 nitrogen and oxygen atoms in total. The van der Waals surface area contributed by atoms with Crippen LogP contribution in [0.15, 0.2) is 78.9 Å². The summed E-state index contributed by atoms with van der Waals surface area (Å²) in [6.07, 6.45) is 0.964. The van der Waals surface area contributed by atoms with Crippen molar-refractivity contribution in [3.05, 3.63) is 99.1 Å². The zero-order valence-electron chi connectivity index (χ0n) is 17.4. The number of hydrogen-bond acceptors (Lipinski definition) is 2. The molecule has 0 saturated carbocycles. The Labute approximate surface area is 188 Å². The first-order chi connectivity index (χ1) is 14.1. The van der Waals surface area contributed by atoms with Crippen LogP contribution in [-0.2, 0) is 0 Å². The van der Waals surface area contributed by atoms with Gasteiger partial charge in [0.2, 0.25) is 0 Å². The maximum atomic E-state index is 5.88. The first kappa shape index (κ1) is 21.6. The number of ether oxygens (including phenoxy) is 1. The fourth-order valence-corrected chi connectivity index (χ4v) is 3.72. The SMILES string of the molecule is CC/C(=C(\c1ccccc1)c1ccc(OCCN(C)C)cc1)c1ccc(I)cc1. The summed E-state index contributed by atoms with van der Waals surface area (Å²) in [6, 6.07) is 28.0. The lowest BCUT2D eigenvalue weighted by atomic mass is 9.88. The third-order valence-corrected chi connectivity index (χ3v) is 5.58. The van der Waals surface area contributed by atoms with Gasteiger partial charge in [-0.25, -0.2) is 0 Å². The molecule has 3 aromatic rings. The fraction of sp³-hybridized carbons (Fsp3) is 0.231. The van der Waals surface area contributed by atoms with Crippen LogP contribution in [0.5, 0.6) is 5.75 Å². The molecule has 150 valence electrons. The van der Waals surface area contributed by atoms with E-state index in [0.29, 0.717) is 6.61 Å². The summed E-state index contributed by atoms with van der Waals surface area (Å²) in [5.41, 5.74) is 6.37. The van der Waals surface area contributed by atoms with Gasteiger partial charge in [0.15, 0.2) is 0 Å². The lowest BCUT2D eigenvalue weighted by Crippen LogP contribution is -2.19. The first-order valence-electron chi connectivity index (χ1n) is 10.0. The summed E-state index contributed by atoms with van der Waals surface area (Å²) in [6.45, 7) is 3.83. The van der Waals surface area contributed by atoms with E-state index in [4.69, 9.17) is 4.74 Å². The minimum atomic E-state index is 0.691. The van der Waals surface area contributed by atoms with Crippen molar-refractivity contribution in [1.82, 2.24) is 4.90 Å². The van der Waals surface area contributed by atoms with Crippen LogP contribution in [0, 0.1) is 3.57 Å². The summed E-state index contributed by atoms with van der Waals surface area (Å²) in [5.74, 6) is 0.912. The highest BCUT2D eigenvalue weighted by Crippen LogP contribution is 2.35. The predicted molar refractivity (Wildman–Crippen MR) is 132 cm³/mol. The highest BCUT2D eigenvalue weighted by molar-refractivity contribution is 14.1. The van der Waals surface area contributed by atoms with Gasteiger partial charge in [0.25, 0.3) is 0 Å². The molecule has 0 unspecified atom stereocenters. The average molecular weight is 497 g/mol. The lowest BCUT2D eigenvalue weighted by molar-refractivity contribution is 0.261. The Morgan fingerprint density at radius 3 is 1.97 bits per heavy atom. The number of nitrogens with zero attached hydrogens (tertiary/aromatic N) is 1. The molecule has 3 aromatic carbocycles. The summed E-state index contributed by atoms with van der Waals surface area (Å²) >= 11 is 2.36. The molecular formula is C26H28INO. The van der Waals surface area contributed by atoms with Gasteiger partial charge in [-0.15, -0.1) is 0 Å². The van der Waals surface area contributed by atoms with Crippen LogP contribution in [0.2, 0.25) is 0 Å². The number of hydrogen-bond donors (Lipinski definition) is 0. The van der Waals surface area contributed by atoms with Crippen molar-refractivity contribution in [3.8, 4) is 5.75 Å². The Morgan fingerprint density at radius 1 is 0.793 bits per heavy atom. The van der Waals surface area contributed by atoms with Gasteiger partial charge in [-0.05, 0) is 95.2 Å². The molecule has 0 saturated heterocycles. The second-order valence-corrected chi connectivity index (χ2v) is 8.50. The standard InChI is InChI=1S/C26H28INO/c1-4-25(20-10-14-23(27)15-11-20)26(21-8-6-5-7-9-21)22-12-16-24(17-13-22)29-19-18-28(2)3/h5-17H,4,18-19H2,1-3H3/b26-25-. The largest absolute Gasteiger partial charge is 0.492 e. The Kier molecular flexibility index (Phi) is 7.90. The van der Waals surface area contributed by atoms with Gasteiger partial charge >= 0.3 is 0 Å². The van der Waals surface area contributed by atoms with Gasteiger partial charge in [-0.3, -0.25) is 0 Å². The van der Waals surface area contributed by atoms with Crippen LogP contribution in [0.1, 0.15) is 30.0 Å². The third-order valence-electron chi connectivity index (χ3n) is 4.86. The number of halogens is 1. The minimum absolute atomic E-state index is 0.691. The minimum Gasteiger partial charge on any atom is -0.492 e. The topological polar surface area (TPSA) is 12.5 Å². The Bertz CT molecular complexity index is 929. The summed E-state index contributed by atoms with van der Waals surface area (Å²) < 4.78 is 7.14. The monoisotopic (exact) mass is 497 g/mol. The highest BCUT2D eigenvalue weighted by atomic mass is 127. The average Bonchev–Trinajstić information content (AvgIpc) is 2.74. The lowest BCUT2D eigenvalue weighted by Gasteiger charge is -2.17. The number of allylic oxidation sites excluding steroid dienone is 1. The van der Waals surface area contributed by atoms with Crippen LogP contribution in [0.25, 0.3) is 11.1 Å². The van der Waals surface area contributed by atoms with E-state index >= 15 is 0 Å². The van der Waals surface area contributed by atoms with E-state index in [0.717, 1.165) is 18.7 Å². The molecular weight excluding hydrogens is 469 g/mol. The van der Waals surface area contributed by atoms with E-state index in [1.165, 1.54) is 31.4 Å². The smallest absolute Gasteiger partial charge is 0.119 e. The van der Waals surface area contributed by atoms with Crippen LogP contribution >= 0.6 is 22.6 Å². The highest BCUT2D eigenvalue weighted by Gasteiger charge is 2.13. The van der Waals surface area contributed by atoms with Crippen LogP contribution in [0.4, 0.5) is 0 Å². The normalized spacial score (nSPS) is 12.0. The van der Waals surface area contributed by atoms with E-state index in [2.05, 4.69) is 127 Å². The van der Waals surface area contributed by atoms with E-state index < -0.39 is 0 Å². The van der Waals surface area contributed by atoms with Crippen LogP contribution in [0.3, 0.4) is 0 Å². The van der Waals surface area contributed by atoms with Gasteiger partial charge in [0.05, 0.1) is 0 Å². The van der Waals surface area contributed by atoms with Gasteiger partial charge in [0, 0.05) is 10.1 Å². The first-order valence-corrected chi connectivity index (χ1v) is 11.1. The molecule has 0 amide bonds. The quantitative estimate of drug-likeness (QED) is 0.257. The summed E-state index contributed by atoms with van der Waals surface area (Å²) in [7, 11) is 4.11. The molecule has 0 spiro atoms. The van der Waals surface area contributed by atoms with E-state index in [1.54, 1.807) is 0 Å². The van der Waals surface area contributed by atoms with Crippen molar-refractivity contribution >= 4 is 33.7 Å². The zero-order chi connectivity index (χ0) is 20.6. The maximum absolute atomic E-state index is 5.88. The molecule has 0 atom stereocenters. The van der Waals surface area contributed by atoms with Crippen molar-refractivity contribution in [3.63, 3.8) is 0 Å². The van der Waals surface area contributed by atoms with Crippen molar-refractivity contribution in [1.29, 1.82) is 0 Å². The summed E-state index contributed by atoms with van der Waals surface area (Å²) in [4.78, 5) is 2.12. The molecule has 0 fully saturated rings. The molecule has 0 aliphatic rings. The molecule has 0 aliphatic carbocycles. The summed E-state index contributed by atoms with van der Waals surface area (Å²) in [5, 5.41) is 0. The van der Waals surface area contributed by atoms with Gasteiger partial charge in [0.1, 0.15) is 12.4 Å². The van der Waals surface area contributed by atoms with Crippen molar-refractivity contribution in [2.24, 2.45) is 0 Å². The van der Waals surface area contributed by atoms with E-state index in [9.17, 15) is 0 Å². The van der Waals surface area contributed by atoms with Crippen molar-refractivity contribution in [2.75, 3.05) is 27.2 Å². The Hall–Kier alpha value is -2.11. The number of likely N-dealkylation sites (N-methyl/N-ethyl adjacent to an activating group) is 1. The second kappa shape index (κ2) is 10.6. The molecule has 0 aromatic heterocycles. The molecule has 0 radical (unpaired) electrons. The van der Waals surface area contributed by atoms with Crippen LogP contribution in [-0.4, -0.2) is 32.1 Å². The van der Waals surface area contributed by atoms with Gasteiger partial charge < -0.3 is 9.64 Å². The second-order valence-electron chi connectivity index (χ2n) is 7.26. The molecule has 29 heavy (non-hydrogen) atoms. The molecule has 0 aliphatic heterocycles. The number of benzene rings is 3. The molecule has 3 heteroatoms. The third kappa shape index (κ3) is 5.94. The zero-order valence-corrected chi connectivity index (χ0v) is 19.5. The predicted octanol–water partition coefficient (Wildman–Crippen LogP) is 6.60. The van der Waals surface area contributed by atoms with Gasteiger partial charge in [-0.2, -0.15) is 0 Å². The number of rotatable bonds is 8. The maximum Gasteiger partial charge on any atom is 0.119 e. The van der Waals surface area contributed by atoms with Gasteiger partial charge in [-0.1, -0.05) is 61.5 Å². The fourth-order valence-electron chi connectivity index (χ4n) is 3.36.